The summed E-state index contributed by atoms with van der Waals surface area (Å²) in [6.45, 7) is 0.613. The Hall–Kier alpha value is -2.28. The van der Waals surface area contributed by atoms with Gasteiger partial charge in [0.2, 0.25) is 0 Å². The van der Waals surface area contributed by atoms with Crippen molar-refractivity contribution >= 4 is 11.9 Å². The molecule has 0 saturated carbocycles. The molecule has 1 aliphatic heterocycles. The van der Waals surface area contributed by atoms with Gasteiger partial charge in [0, 0.05) is 6.54 Å². The second kappa shape index (κ2) is 5.57. The summed E-state index contributed by atoms with van der Waals surface area (Å²) in [6.07, 6.45) is 0. The van der Waals surface area contributed by atoms with Crippen molar-refractivity contribution in [2.75, 3.05) is 13.7 Å². The summed E-state index contributed by atoms with van der Waals surface area (Å²) in [7, 11) is 1.58. The van der Waals surface area contributed by atoms with Crippen molar-refractivity contribution in [1.29, 1.82) is 0 Å². The van der Waals surface area contributed by atoms with Gasteiger partial charge in [-0.1, -0.05) is 12.1 Å². The monoisotopic (exact) mass is 265 g/mol. The summed E-state index contributed by atoms with van der Waals surface area (Å²) in [5.74, 6) is 0.123. The summed E-state index contributed by atoms with van der Waals surface area (Å²) in [5, 5.41) is 11.0. The zero-order valence-corrected chi connectivity index (χ0v) is 10.4. The molecule has 1 saturated heterocycles. The maximum Gasteiger partial charge on any atom is 0.318 e. The van der Waals surface area contributed by atoms with Crippen molar-refractivity contribution in [3.63, 3.8) is 0 Å². The fourth-order valence-corrected chi connectivity index (χ4v) is 1.90. The van der Waals surface area contributed by atoms with E-state index in [0.717, 1.165) is 11.3 Å². The van der Waals surface area contributed by atoms with E-state index in [2.05, 4.69) is 5.32 Å². The van der Waals surface area contributed by atoms with Crippen LogP contribution in [0.4, 0.5) is 4.79 Å². The zero-order chi connectivity index (χ0) is 13.8. The molecule has 7 nitrogen and oxygen atoms in total. The van der Waals surface area contributed by atoms with E-state index >= 15 is 0 Å². The maximum absolute atomic E-state index is 11.7. The molecule has 0 spiro atoms. The first-order valence-corrected chi connectivity index (χ1v) is 5.76. The van der Waals surface area contributed by atoms with Gasteiger partial charge in [0.25, 0.3) is 5.91 Å². The molecule has 0 aliphatic carbocycles. The Kier molecular flexibility index (Phi) is 3.86. The predicted octanol–water partition coefficient (Wildman–Crippen LogP) is 0.0944. The Morgan fingerprint density at radius 1 is 1.53 bits per heavy atom. The number of nitrogens with one attached hydrogen (secondary N) is 2. The molecular weight excluding hydrogens is 250 g/mol. The Balaban J connectivity index is 1.99. The molecule has 3 amide bonds. The second-order valence-electron chi connectivity index (χ2n) is 4.21. The van der Waals surface area contributed by atoms with E-state index in [1.165, 1.54) is 10.4 Å². The standard InChI is InChI=1S/C12H15N3O4/c1-19-9-4-2-8(3-5-9)6-15-7-10(11(16)14-18)13-12(15)17/h2-5,10,18H,6-7H2,1H3,(H,13,17)(H,14,16). The normalized spacial score (nSPS) is 18.1. The number of hydrogen-bond donors (Lipinski definition) is 3. The van der Waals surface area contributed by atoms with E-state index in [4.69, 9.17) is 9.94 Å². The minimum absolute atomic E-state index is 0.219. The summed E-state index contributed by atoms with van der Waals surface area (Å²) in [6, 6.07) is 6.26. The lowest BCUT2D eigenvalue weighted by Gasteiger charge is -2.14. The van der Waals surface area contributed by atoms with Crippen LogP contribution in [0.25, 0.3) is 0 Å². The van der Waals surface area contributed by atoms with E-state index < -0.39 is 11.9 Å². The van der Waals surface area contributed by atoms with E-state index in [0.29, 0.717) is 6.54 Å². The molecule has 2 rings (SSSR count). The third-order valence-corrected chi connectivity index (χ3v) is 2.95. The predicted molar refractivity (Wildman–Crippen MR) is 65.7 cm³/mol. The Morgan fingerprint density at radius 2 is 2.21 bits per heavy atom. The number of benzene rings is 1. The smallest absolute Gasteiger partial charge is 0.318 e. The van der Waals surface area contributed by atoms with Crippen LogP contribution < -0.4 is 15.5 Å². The topological polar surface area (TPSA) is 90.9 Å². The third kappa shape index (κ3) is 2.94. The molecular formula is C12H15N3O4. The van der Waals surface area contributed by atoms with Gasteiger partial charge in [-0.15, -0.1) is 0 Å². The summed E-state index contributed by atoms with van der Waals surface area (Å²) in [5.41, 5.74) is 2.46. The number of nitrogens with zero attached hydrogens (tertiary/aromatic N) is 1. The molecule has 19 heavy (non-hydrogen) atoms. The lowest BCUT2D eigenvalue weighted by molar-refractivity contribution is -0.130. The van der Waals surface area contributed by atoms with Gasteiger partial charge >= 0.3 is 6.03 Å². The summed E-state index contributed by atoms with van der Waals surface area (Å²) < 4.78 is 5.05. The van der Waals surface area contributed by atoms with Crippen LogP contribution in [0.15, 0.2) is 24.3 Å². The number of hydroxylamine groups is 1. The van der Waals surface area contributed by atoms with Crippen LogP contribution >= 0.6 is 0 Å². The van der Waals surface area contributed by atoms with Gasteiger partial charge in [-0.05, 0) is 17.7 Å². The number of ether oxygens (including phenoxy) is 1. The quantitative estimate of drug-likeness (QED) is 0.531. The van der Waals surface area contributed by atoms with Gasteiger partial charge in [0.1, 0.15) is 11.8 Å². The van der Waals surface area contributed by atoms with E-state index in [9.17, 15) is 9.59 Å². The van der Waals surface area contributed by atoms with Gasteiger partial charge in [-0.3, -0.25) is 10.0 Å². The molecule has 1 unspecified atom stereocenters. The van der Waals surface area contributed by atoms with Crippen LogP contribution in [0.2, 0.25) is 0 Å². The highest BCUT2D eigenvalue weighted by molar-refractivity contribution is 5.89. The average Bonchev–Trinajstić information content (AvgIpc) is 2.80. The SMILES string of the molecule is COc1ccc(CN2CC(C(=O)NO)NC2=O)cc1. The minimum atomic E-state index is -0.726. The molecule has 1 heterocycles. The fraction of sp³-hybridized carbons (Fsp3) is 0.333. The highest BCUT2D eigenvalue weighted by Gasteiger charge is 2.33. The Morgan fingerprint density at radius 3 is 2.79 bits per heavy atom. The van der Waals surface area contributed by atoms with Crippen molar-refractivity contribution in [2.24, 2.45) is 0 Å². The first kappa shape index (κ1) is 13.2. The molecule has 7 heteroatoms. The molecule has 1 aromatic carbocycles. The molecule has 0 bridgehead atoms. The van der Waals surface area contributed by atoms with Crippen molar-refractivity contribution in [3.05, 3.63) is 29.8 Å². The number of carbonyl (C=O) groups is 2. The fourth-order valence-electron chi connectivity index (χ4n) is 1.90. The maximum atomic E-state index is 11.7. The van der Waals surface area contributed by atoms with Crippen LogP contribution in [0.5, 0.6) is 5.75 Å². The number of urea groups is 1. The number of methoxy groups -OCH3 is 1. The average molecular weight is 265 g/mol. The van der Waals surface area contributed by atoms with Crippen LogP contribution in [-0.4, -0.2) is 41.7 Å². The van der Waals surface area contributed by atoms with Gasteiger partial charge in [-0.25, -0.2) is 10.3 Å². The van der Waals surface area contributed by atoms with Gasteiger partial charge in [0.15, 0.2) is 0 Å². The number of hydrogen-bond acceptors (Lipinski definition) is 4. The second-order valence-corrected chi connectivity index (χ2v) is 4.21. The molecule has 102 valence electrons. The first-order chi connectivity index (χ1) is 9.13. The first-order valence-electron chi connectivity index (χ1n) is 5.76. The lowest BCUT2D eigenvalue weighted by Crippen LogP contribution is -2.41. The molecule has 0 aromatic heterocycles. The molecule has 1 aliphatic rings. The molecule has 1 atom stereocenters. The summed E-state index contributed by atoms with van der Waals surface area (Å²) in [4.78, 5) is 24.4. The molecule has 1 aromatic rings. The number of rotatable bonds is 4. The lowest BCUT2D eigenvalue weighted by atomic mass is 10.2. The van der Waals surface area contributed by atoms with Crippen LogP contribution in [0.3, 0.4) is 0 Å². The summed E-state index contributed by atoms with van der Waals surface area (Å²) >= 11 is 0. The van der Waals surface area contributed by atoms with Crippen LogP contribution in [0, 0.1) is 0 Å². The van der Waals surface area contributed by atoms with Gasteiger partial charge < -0.3 is 15.0 Å². The van der Waals surface area contributed by atoms with Gasteiger partial charge in [-0.2, -0.15) is 0 Å². The highest BCUT2D eigenvalue weighted by Crippen LogP contribution is 2.15. The van der Waals surface area contributed by atoms with Crippen LogP contribution in [0.1, 0.15) is 5.56 Å². The largest absolute Gasteiger partial charge is 0.497 e. The third-order valence-electron chi connectivity index (χ3n) is 2.95. The van der Waals surface area contributed by atoms with Gasteiger partial charge in [0.05, 0.1) is 13.7 Å². The highest BCUT2D eigenvalue weighted by atomic mass is 16.5. The molecule has 0 radical (unpaired) electrons. The van der Waals surface area contributed by atoms with Crippen molar-refractivity contribution in [2.45, 2.75) is 12.6 Å². The Bertz CT molecular complexity index is 474. The molecule has 1 fully saturated rings. The minimum Gasteiger partial charge on any atom is -0.497 e. The van der Waals surface area contributed by atoms with Crippen molar-refractivity contribution < 1.29 is 19.5 Å². The van der Waals surface area contributed by atoms with Crippen molar-refractivity contribution in [1.82, 2.24) is 15.7 Å². The van der Waals surface area contributed by atoms with E-state index in [1.807, 2.05) is 12.1 Å². The molecule has 3 N–H and O–H groups in total. The zero-order valence-electron chi connectivity index (χ0n) is 10.4. The van der Waals surface area contributed by atoms with E-state index in [1.54, 1.807) is 19.2 Å². The van der Waals surface area contributed by atoms with Crippen molar-refractivity contribution in [3.8, 4) is 5.75 Å². The Labute approximate surface area is 110 Å². The number of carbonyl (C=O) groups excluding carboxylic acids is 2. The van der Waals surface area contributed by atoms with Crippen LogP contribution in [-0.2, 0) is 11.3 Å². The number of amides is 3. The van der Waals surface area contributed by atoms with E-state index in [-0.39, 0.29) is 12.6 Å².